The fraction of sp³-hybridized carbons (Fsp3) is 0.400. The van der Waals surface area contributed by atoms with E-state index in [0.29, 0.717) is 18.6 Å². The van der Waals surface area contributed by atoms with Gasteiger partial charge in [0.15, 0.2) is 0 Å². The van der Waals surface area contributed by atoms with E-state index in [9.17, 15) is 9.32 Å². The minimum Gasteiger partial charge on any atom is -0.461 e. The van der Waals surface area contributed by atoms with Gasteiger partial charge in [-0.05, 0) is 25.5 Å². The highest BCUT2D eigenvalue weighted by molar-refractivity contribution is 6.81. The Morgan fingerprint density at radius 2 is 2.24 bits per heavy atom. The molecule has 0 radical (unpaired) electrons. The molecule has 0 fully saturated rings. The highest BCUT2D eigenvalue weighted by Crippen LogP contribution is 2.15. The van der Waals surface area contributed by atoms with E-state index in [1.807, 2.05) is 0 Å². The molecule has 3 N–H and O–H groups in total. The highest BCUT2D eigenvalue weighted by atomic mass is 35.5. The van der Waals surface area contributed by atoms with Gasteiger partial charge in [0.05, 0.1) is 6.61 Å². The molecule has 7 heteroatoms. The first-order valence-corrected chi connectivity index (χ1v) is 5.24. The SMILES string of the molecule is CCOC(=O)C(=N)Cl.NC1=CC=C(OF)CC1. The number of nitrogens with two attached hydrogens (primary N) is 1. The maximum Gasteiger partial charge on any atom is 0.368 e. The fourth-order valence-corrected chi connectivity index (χ4v) is 0.947. The van der Waals surface area contributed by atoms with Gasteiger partial charge in [-0.15, -0.1) is 0 Å². The van der Waals surface area contributed by atoms with Crippen LogP contribution in [0, 0.1) is 5.41 Å². The Labute approximate surface area is 103 Å². The zero-order valence-corrected chi connectivity index (χ0v) is 10.1. The van der Waals surface area contributed by atoms with Crippen molar-refractivity contribution in [1.82, 2.24) is 0 Å². The van der Waals surface area contributed by atoms with Gasteiger partial charge in [0.1, 0.15) is 5.76 Å². The number of carbonyl (C=O) groups excluding carboxylic acids is 1. The maximum atomic E-state index is 11.4. The lowest BCUT2D eigenvalue weighted by atomic mass is 10.1. The summed E-state index contributed by atoms with van der Waals surface area (Å²) in [5.41, 5.74) is 6.16. The molecule has 1 rings (SSSR count). The molecule has 17 heavy (non-hydrogen) atoms. The first kappa shape index (κ1) is 15.4. The summed E-state index contributed by atoms with van der Waals surface area (Å²) in [6.07, 6.45) is 4.45. The molecule has 0 heterocycles. The molecule has 0 unspecified atom stereocenters. The van der Waals surface area contributed by atoms with E-state index in [1.165, 1.54) is 0 Å². The van der Waals surface area contributed by atoms with Crippen molar-refractivity contribution in [2.24, 2.45) is 5.73 Å². The second-order valence-corrected chi connectivity index (χ2v) is 3.36. The molecular weight excluding hydrogens is 251 g/mol. The summed E-state index contributed by atoms with van der Waals surface area (Å²) < 4.78 is 15.7. The van der Waals surface area contributed by atoms with E-state index in [0.717, 1.165) is 5.70 Å². The summed E-state index contributed by atoms with van der Waals surface area (Å²) in [5.74, 6) is -0.418. The van der Waals surface area contributed by atoms with Crippen molar-refractivity contribution >= 4 is 22.7 Å². The van der Waals surface area contributed by atoms with Crippen molar-refractivity contribution in [3.8, 4) is 0 Å². The zero-order valence-electron chi connectivity index (χ0n) is 9.33. The summed E-state index contributed by atoms with van der Waals surface area (Å²) in [7, 11) is 0. The number of rotatable bonds is 3. The Bertz CT molecular complexity index is 342. The predicted molar refractivity (Wildman–Crippen MR) is 62.0 cm³/mol. The van der Waals surface area contributed by atoms with Gasteiger partial charge in [0.2, 0.25) is 5.17 Å². The van der Waals surface area contributed by atoms with Crippen molar-refractivity contribution in [2.75, 3.05) is 6.61 Å². The highest BCUT2D eigenvalue weighted by Gasteiger charge is 2.04. The molecule has 0 spiro atoms. The van der Waals surface area contributed by atoms with Crippen LogP contribution in [0.1, 0.15) is 19.8 Å². The second kappa shape index (κ2) is 8.58. The first-order valence-electron chi connectivity index (χ1n) is 4.86. The average Bonchev–Trinajstić information content (AvgIpc) is 2.31. The van der Waals surface area contributed by atoms with Crippen LogP contribution in [0.2, 0.25) is 0 Å². The van der Waals surface area contributed by atoms with Gasteiger partial charge in [-0.25, -0.2) is 4.79 Å². The summed E-state index contributed by atoms with van der Waals surface area (Å²) in [6.45, 7) is 1.91. The molecule has 0 saturated heterocycles. The predicted octanol–water partition coefficient (Wildman–Crippen LogP) is 2.17. The Morgan fingerprint density at radius 3 is 2.53 bits per heavy atom. The van der Waals surface area contributed by atoms with Crippen LogP contribution in [0.4, 0.5) is 4.53 Å². The number of esters is 1. The van der Waals surface area contributed by atoms with Crippen LogP contribution >= 0.6 is 11.6 Å². The lowest BCUT2D eigenvalue weighted by molar-refractivity contribution is -0.134. The van der Waals surface area contributed by atoms with Gasteiger partial charge < -0.3 is 10.5 Å². The van der Waals surface area contributed by atoms with Gasteiger partial charge >= 0.3 is 5.97 Å². The lowest BCUT2D eigenvalue weighted by Crippen LogP contribution is -2.10. The summed E-state index contributed by atoms with van der Waals surface area (Å²) in [6, 6.07) is 0. The maximum absolute atomic E-state index is 11.4. The van der Waals surface area contributed by atoms with E-state index < -0.39 is 11.1 Å². The Kier molecular flexibility index (Phi) is 7.79. The summed E-state index contributed by atoms with van der Waals surface area (Å²) in [4.78, 5) is 13.7. The smallest absolute Gasteiger partial charge is 0.368 e. The molecule has 1 aliphatic rings. The van der Waals surface area contributed by atoms with Gasteiger partial charge in [-0.1, -0.05) is 11.6 Å². The third kappa shape index (κ3) is 7.35. The van der Waals surface area contributed by atoms with Gasteiger partial charge in [0.25, 0.3) is 0 Å². The third-order valence-corrected chi connectivity index (χ3v) is 1.85. The minimum atomic E-state index is -0.769. The van der Waals surface area contributed by atoms with E-state index >= 15 is 0 Å². The Balaban J connectivity index is 0.000000304. The van der Waals surface area contributed by atoms with Crippen molar-refractivity contribution in [3.63, 3.8) is 0 Å². The van der Waals surface area contributed by atoms with E-state index in [1.54, 1.807) is 19.1 Å². The number of carbonyl (C=O) groups is 1. The van der Waals surface area contributed by atoms with Crippen LogP contribution in [0.25, 0.3) is 0 Å². The van der Waals surface area contributed by atoms with Crippen LogP contribution in [0.15, 0.2) is 23.6 Å². The van der Waals surface area contributed by atoms with Crippen molar-refractivity contribution in [3.05, 3.63) is 23.6 Å². The van der Waals surface area contributed by atoms with Crippen LogP contribution < -0.4 is 5.73 Å². The molecular formula is C10H14ClFN2O3. The number of halogens is 2. The van der Waals surface area contributed by atoms with E-state index in [-0.39, 0.29) is 6.61 Å². The largest absolute Gasteiger partial charge is 0.461 e. The average molecular weight is 265 g/mol. The topological polar surface area (TPSA) is 85.4 Å². The number of allylic oxidation sites excluding steroid dienone is 4. The van der Waals surface area contributed by atoms with Gasteiger partial charge in [0, 0.05) is 16.6 Å². The Hall–Kier alpha value is -1.56. The van der Waals surface area contributed by atoms with Gasteiger partial charge in [-0.2, -0.15) is 0 Å². The number of nitrogens with one attached hydrogen (secondary N) is 1. The van der Waals surface area contributed by atoms with Crippen LogP contribution in [0.3, 0.4) is 0 Å². The quantitative estimate of drug-likeness (QED) is 0.604. The van der Waals surface area contributed by atoms with Crippen LogP contribution in [0.5, 0.6) is 0 Å². The van der Waals surface area contributed by atoms with Crippen LogP contribution in [-0.2, 0) is 14.5 Å². The lowest BCUT2D eigenvalue weighted by Gasteiger charge is -2.05. The van der Waals surface area contributed by atoms with Crippen molar-refractivity contribution in [1.29, 1.82) is 5.41 Å². The summed E-state index contributed by atoms with van der Waals surface area (Å²) in [5, 5.41) is 5.92. The molecule has 0 atom stereocenters. The first-order chi connectivity index (χ1) is 8.01. The molecule has 0 aliphatic heterocycles. The monoisotopic (exact) mass is 264 g/mol. The molecule has 0 aromatic heterocycles. The van der Waals surface area contributed by atoms with Crippen LogP contribution in [-0.4, -0.2) is 17.7 Å². The normalized spacial score (nSPS) is 13.6. The molecule has 5 nitrogen and oxygen atoms in total. The molecule has 0 aromatic rings. The minimum absolute atomic E-state index is 0.258. The number of ether oxygens (including phenoxy) is 1. The molecule has 96 valence electrons. The molecule has 0 bridgehead atoms. The molecule has 0 aromatic carbocycles. The second-order valence-electron chi connectivity index (χ2n) is 2.99. The standard InChI is InChI=1S/C6H8FNO.C4H6ClNO2/c7-9-6-3-1-5(8)2-4-6;1-2-8-4(7)3(5)6/h1,3H,2,4,8H2;6H,2H2,1H3. The van der Waals surface area contributed by atoms with E-state index in [2.05, 4.69) is 9.68 Å². The fourth-order valence-electron chi connectivity index (χ4n) is 0.893. The summed E-state index contributed by atoms with van der Waals surface area (Å²) >= 11 is 4.92. The Morgan fingerprint density at radius 1 is 1.59 bits per heavy atom. The number of hydrogen-bond donors (Lipinski definition) is 2. The third-order valence-electron chi connectivity index (χ3n) is 1.70. The molecule has 1 aliphatic carbocycles. The molecule has 0 saturated carbocycles. The van der Waals surface area contributed by atoms with Crippen molar-refractivity contribution < 1.29 is 19.0 Å². The van der Waals surface area contributed by atoms with Gasteiger partial charge in [-0.3, -0.25) is 10.4 Å². The molecule has 0 amide bonds. The number of hydrogen-bond acceptors (Lipinski definition) is 5. The van der Waals surface area contributed by atoms with E-state index in [4.69, 9.17) is 22.7 Å². The van der Waals surface area contributed by atoms with Crippen molar-refractivity contribution in [2.45, 2.75) is 19.8 Å². The zero-order chi connectivity index (χ0) is 13.3.